The lowest BCUT2D eigenvalue weighted by molar-refractivity contribution is 0.598. The first-order chi connectivity index (χ1) is 9.03. The van der Waals surface area contributed by atoms with Crippen LogP contribution < -0.4 is 4.72 Å². The molecule has 6 heteroatoms. The van der Waals surface area contributed by atoms with Crippen LogP contribution in [0.25, 0.3) is 0 Å². The molecule has 0 heterocycles. The zero-order valence-electron chi connectivity index (χ0n) is 9.67. The Morgan fingerprint density at radius 2 is 1.79 bits per heavy atom. The number of rotatable bonds is 3. The highest BCUT2D eigenvalue weighted by Gasteiger charge is 2.15. The largest absolute Gasteiger partial charge is 0.277 e. The van der Waals surface area contributed by atoms with Crippen molar-refractivity contribution >= 4 is 15.7 Å². The maximum atomic E-state index is 13.6. The van der Waals surface area contributed by atoms with Crippen LogP contribution in [-0.4, -0.2) is 8.42 Å². The molecule has 0 radical (unpaired) electrons. The first kappa shape index (κ1) is 13.1. The molecule has 0 spiro atoms. The SMILES string of the molecule is N#Cc1ccc(NS(=O)(=O)c2ccccc2)c(F)c1. The third-order valence-electron chi connectivity index (χ3n) is 2.40. The van der Waals surface area contributed by atoms with Gasteiger partial charge in [0.1, 0.15) is 5.82 Å². The van der Waals surface area contributed by atoms with E-state index in [2.05, 4.69) is 4.72 Å². The molecule has 19 heavy (non-hydrogen) atoms. The van der Waals surface area contributed by atoms with Crippen LogP contribution in [0, 0.1) is 17.1 Å². The minimum absolute atomic E-state index is 0.0405. The number of nitrogens with one attached hydrogen (secondary N) is 1. The second-order valence-corrected chi connectivity index (χ2v) is 5.41. The van der Waals surface area contributed by atoms with E-state index in [1.54, 1.807) is 24.3 Å². The molecule has 0 bridgehead atoms. The number of anilines is 1. The van der Waals surface area contributed by atoms with Crippen molar-refractivity contribution < 1.29 is 12.8 Å². The summed E-state index contributed by atoms with van der Waals surface area (Å²) in [7, 11) is -3.83. The molecular weight excluding hydrogens is 267 g/mol. The van der Waals surface area contributed by atoms with Crippen LogP contribution in [0.15, 0.2) is 53.4 Å². The predicted molar refractivity (Wildman–Crippen MR) is 68.4 cm³/mol. The third kappa shape index (κ3) is 2.89. The number of nitrogens with zero attached hydrogens (tertiary/aromatic N) is 1. The molecule has 0 aliphatic carbocycles. The van der Waals surface area contributed by atoms with E-state index >= 15 is 0 Å². The van der Waals surface area contributed by atoms with Gasteiger partial charge < -0.3 is 0 Å². The molecule has 0 saturated heterocycles. The average molecular weight is 276 g/mol. The minimum atomic E-state index is -3.83. The molecule has 0 amide bonds. The van der Waals surface area contributed by atoms with Crippen molar-refractivity contribution in [1.82, 2.24) is 0 Å². The topological polar surface area (TPSA) is 70.0 Å². The lowest BCUT2D eigenvalue weighted by Gasteiger charge is -2.08. The van der Waals surface area contributed by atoms with E-state index in [-0.39, 0.29) is 16.1 Å². The highest BCUT2D eigenvalue weighted by atomic mass is 32.2. The molecule has 2 aromatic rings. The van der Waals surface area contributed by atoms with Gasteiger partial charge in [-0.15, -0.1) is 0 Å². The summed E-state index contributed by atoms with van der Waals surface area (Å²) < 4.78 is 39.7. The van der Waals surface area contributed by atoms with Crippen LogP contribution in [0.1, 0.15) is 5.56 Å². The Hall–Kier alpha value is -2.39. The van der Waals surface area contributed by atoms with Crippen LogP contribution in [0.4, 0.5) is 10.1 Å². The molecular formula is C13H9FN2O2S. The zero-order valence-corrected chi connectivity index (χ0v) is 10.5. The van der Waals surface area contributed by atoms with Crippen LogP contribution in [0.3, 0.4) is 0 Å². The lowest BCUT2D eigenvalue weighted by Crippen LogP contribution is -2.13. The van der Waals surface area contributed by atoms with Gasteiger partial charge in [-0.3, -0.25) is 4.72 Å². The predicted octanol–water partition coefficient (Wildman–Crippen LogP) is 2.50. The fourth-order valence-corrected chi connectivity index (χ4v) is 2.56. The smallest absolute Gasteiger partial charge is 0.261 e. The van der Waals surface area contributed by atoms with Gasteiger partial charge in [0.05, 0.1) is 22.2 Å². The normalized spacial score (nSPS) is 10.7. The van der Waals surface area contributed by atoms with Gasteiger partial charge in [-0.05, 0) is 30.3 Å². The molecule has 0 aliphatic heterocycles. The van der Waals surface area contributed by atoms with Gasteiger partial charge in [0.25, 0.3) is 10.0 Å². The molecule has 4 nitrogen and oxygen atoms in total. The van der Waals surface area contributed by atoms with Crippen molar-refractivity contribution in [2.75, 3.05) is 4.72 Å². The van der Waals surface area contributed by atoms with Crippen LogP contribution in [0.2, 0.25) is 0 Å². The molecule has 0 fully saturated rings. The molecule has 0 unspecified atom stereocenters. The first-order valence-corrected chi connectivity index (χ1v) is 6.79. The maximum Gasteiger partial charge on any atom is 0.261 e. The number of halogens is 1. The molecule has 0 atom stereocenters. The average Bonchev–Trinajstić information content (AvgIpc) is 2.42. The van der Waals surface area contributed by atoms with Gasteiger partial charge in [0.2, 0.25) is 0 Å². The zero-order chi connectivity index (χ0) is 13.9. The monoisotopic (exact) mass is 276 g/mol. The highest BCUT2D eigenvalue weighted by Crippen LogP contribution is 2.19. The second kappa shape index (κ2) is 5.08. The first-order valence-electron chi connectivity index (χ1n) is 5.30. The number of hydrogen-bond acceptors (Lipinski definition) is 3. The summed E-state index contributed by atoms with van der Waals surface area (Å²) >= 11 is 0. The van der Waals surface area contributed by atoms with Crippen molar-refractivity contribution in [2.24, 2.45) is 0 Å². The summed E-state index contributed by atoms with van der Waals surface area (Å²) in [6.45, 7) is 0. The number of nitriles is 1. The fraction of sp³-hybridized carbons (Fsp3) is 0. The van der Waals surface area contributed by atoms with Gasteiger partial charge in [0.15, 0.2) is 0 Å². The summed E-state index contributed by atoms with van der Waals surface area (Å²) in [5.74, 6) is -0.793. The third-order valence-corrected chi connectivity index (χ3v) is 3.78. The summed E-state index contributed by atoms with van der Waals surface area (Å²) in [6, 6.07) is 12.9. The Labute approximate surface area is 110 Å². The molecule has 0 aliphatic rings. The van der Waals surface area contributed by atoms with Crippen LogP contribution in [-0.2, 0) is 10.0 Å². The standard InChI is InChI=1S/C13H9FN2O2S/c14-12-8-10(9-15)6-7-13(12)16-19(17,18)11-4-2-1-3-5-11/h1-8,16H. The quantitative estimate of drug-likeness (QED) is 0.936. The van der Waals surface area contributed by atoms with Crippen LogP contribution in [0.5, 0.6) is 0 Å². The Bertz CT molecular complexity index is 737. The minimum Gasteiger partial charge on any atom is -0.277 e. The fourth-order valence-electron chi connectivity index (χ4n) is 1.47. The number of hydrogen-bond donors (Lipinski definition) is 1. The van der Waals surface area contributed by atoms with E-state index in [0.29, 0.717) is 0 Å². The Kier molecular flexibility index (Phi) is 3.49. The van der Waals surface area contributed by atoms with Crippen molar-refractivity contribution in [3.05, 3.63) is 59.9 Å². The van der Waals surface area contributed by atoms with E-state index in [1.165, 1.54) is 24.3 Å². The van der Waals surface area contributed by atoms with Crippen molar-refractivity contribution in [1.29, 1.82) is 5.26 Å². The lowest BCUT2D eigenvalue weighted by atomic mass is 10.2. The second-order valence-electron chi connectivity index (χ2n) is 3.72. The van der Waals surface area contributed by atoms with Crippen molar-refractivity contribution in [3.63, 3.8) is 0 Å². The summed E-state index contributed by atoms with van der Waals surface area (Å²) in [5, 5.41) is 8.61. The summed E-state index contributed by atoms with van der Waals surface area (Å²) in [6.07, 6.45) is 0. The van der Waals surface area contributed by atoms with Gasteiger partial charge in [-0.25, -0.2) is 12.8 Å². The van der Waals surface area contributed by atoms with Crippen LogP contribution >= 0.6 is 0 Å². The Morgan fingerprint density at radius 1 is 1.11 bits per heavy atom. The summed E-state index contributed by atoms with van der Waals surface area (Å²) in [5.41, 5.74) is -0.0667. The highest BCUT2D eigenvalue weighted by molar-refractivity contribution is 7.92. The van der Waals surface area contributed by atoms with Gasteiger partial charge in [-0.2, -0.15) is 5.26 Å². The van der Waals surface area contributed by atoms with Gasteiger partial charge in [-0.1, -0.05) is 18.2 Å². The molecule has 0 saturated carbocycles. The maximum absolute atomic E-state index is 13.6. The van der Waals surface area contributed by atoms with E-state index in [9.17, 15) is 12.8 Å². The van der Waals surface area contributed by atoms with E-state index in [1.807, 2.05) is 0 Å². The van der Waals surface area contributed by atoms with Crippen molar-refractivity contribution in [3.8, 4) is 6.07 Å². The number of benzene rings is 2. The van der Waals surface area contributed by atoms with E-state index in [4.69, 9.17) is 5.26 Å². The van der Waals surface area contributed by atoms with Gasteiger partial charge in [0, 0.05) is 0 Å². The molecule has 1 N–H and O–H groups in total. The molecule has 96 valence electrons. The molecule has 0 aromatic heterocycles. The number of sulfonamides is 1. The Morgan fingerprint density at radius 3 is 2.37 bits per heavy atom. The van der Waals surface area contributed by atoms with E-state index in [0.717, 1.165) is 6.07 Å². The Balaban J connectivity index is 2.34. The van der Waals surface area contributed by atoms with Crippen molar-refractivity contribution in [2.45, 2.75) is 4.90 Å². The van der Waals surface area contributed by atoms with E-state index < -0.39 is 15.8 Å². The molecule has 2 rings (SSSR count). The summed E-state index contributed by atoms with van der Waals surface area (Å²) in [4.78, 5) is 0.0405. The van der Waals surface area contributed by atoms with Gasteiger partial charge >= 0.3 is 0 Å². The molecule has 2 aromatic carbocycles.